The van der Waals surface area contributed by atoms with Crippen LogP contribution in [-0.4, -0.2) is 32.4 Å². The van der Waals surface area contributed by atoms with E-state index in [0.717, 1.165) is 0 Å². The molecule has 0 aliphatic heterocycles. The number of carbonyl (C=O) groups is 2. The third-order valence-electron chi connectivity index (χ3n) is 2.26. The molecule has 0 saturated heterocycles. The molecule has 0 spiro atoms. The molecule has 1 aromatic carbocycles. The standard InChI is InChI=1S/C11H12O6/c12-8-3-1-7(10(15)11(16)17)5-6(8)2-4-9(13)14/h1,3,5,10,12,15H,2,4H2,(H,13,14)(H,16,17). The van der Waals surface area contributed by atoms with Gasteiger partial charge in [0.05, 0.1) is 0 Å². The summed E-state index contributed by atoms with van der Waals surface area (Å²) >= 11 is 0. The topological polar surface area (TPSA) is 115 Å². The number of hydrogen-bond donors (Lipinski definition) is 4. The number of phenolic OH excluding ortho intramolecular Hbond substituents is 1. The Bertz CT molecular complexity index is 440. The molecule has 0 fully saturated rings. The largest absolute Gasteiger partial charge is 0.508 e. The molecule has 1 atom stereocenters. The van der Waals surface area contributed by atoms with Gasteiger partial charge in [0.2, 0.25) is 0 Å². The molecule has 1 unspecified atom stereocenters. The van der Waals surface area contributed by atoms with Crippen LogP contribution in [-0.2, 0) is 16.0 Å². The average Bonchev–Trinajstić information content (AvgIpc) is 2.26. The SMILES string of the molecule is O=C(O)CCc1cc(C(O)C(=O)O)ccc1O. The Labute approximate surface area is 96.8 Å². The highest BCUT2D eigenvalue weighted by molar-refractivity contribution is 5.74. The minimum Gasteiger partial charge on any atom is -0.508 e. The van der Waals surface area contributed by atoms with Gasteiger partial charge in [-0.2, -0.15) is 0 Å². The number of benzene rings is 1. The van der Waals surface area contributed by atoms with Crippen molar-refractivity contribution in [3.8, 4) is 5.75 Å². The molecule has 0 aliphatic rings. The van der Waals surface area contributed by atoms with Crippen LogP contribution < -0.4 is 0 Å². The van der Waals surface area contributed by atoms with E-state index in [0.29, 0.717) is 5.56 Å². The van der Waals surface area contributed by atoms with E-state index in [1.54, 1.807) is 0 Å². The van der Waals surface area contributed by atoms with Crippen molar-refractivity contribution in [3.63, 3.8) is 0 Å². The van der Waals surface area contributed by atoms with Crippen molar-refractivity contribution in [2.45, 2.75) is 18.9 Å². The summed E-state index contributed by atoms with van der Waals surface area (Å²) in [4.78, 5) is 20.9. The maximum absolute atomic E-state index is 10.6. The van der Waals surface area contributed by atoms with E-state index in [-0.39, 0.29) is 24.2 Å². The zero-order valence-corrected chi connectivity index (χ0v) is 8.83. The Morgan fingerprint density at radius 3 is 2.41 bits per heavy atom. The van der Waals surface area contributed by atoms with Gasteiger partial charge >= 0.3 is 11.9 Å². The van der Waals surface area contributed by atoms with Gasteiger partial charge in [0.1, 0.15) is 5.75 Å². The maximum atomic E-state index is 10.6. The number of carboxylic acids is 2. The highest BCUT2D eigenvalue weighted by Crippen LogP contribution is 2.23. The van der Waals surface area contributed by atoms with Crippen LogP contribution in [0.3, 0.4) is 0 Å². The molecule has 4 N–H and O–H groups in total. The molecule has 0 amide bonds. The van der Waals surface area contributed by atoms with Crippen LogP contribution in [0.1, 0.15) is 23.7 Å². The lowest BCUT2D eigenvalue weighted by atomic mass is 10.0. The van der Waals surface area contributed by atoms with Crippen LogP contribution in [0.4, 0.5) is 0 Å². The van der Waals surface area contributed by atoms with Crippen LogP contribution >= 0.6 is 0 Å². The molecule has 1 aromatic rings. The molecule has 0 heterocycles. The first-order valence-electron chi connectivity index (χ1n) is 4.86. The molecule has 0 aliphatic carbocycles. The van der Waals surface area contributed by atoms with E-state index in [1.165, 1.54) is 18.2 Å². The predicted molar refractivity (Wildman–Crippen MR) is 56.7 cm³/mol. The number of aromatic hydroxyl groups is 1. The average molecular weight is 240 g/mol. The quantitative estimate of drug-likeness (QED) is 0.596. The number of aliphatic hydroxyl groups excluding tert-OH is 1. The second-order valence-electron chi connectivity index (χ2n) is 3.52. The number of aliphatic hydroxyl groups is 1. The molecule has 92 valence electrons. The van der Waals surface area contributed by atoms with Crippen molar-refractivity contribution in [1.82, 2.24) is 0 Å². The second-order valence-corrected chi connectivity index (χ2v) is 3.52. The third-order valence-corrected chi connectivity index (χ3v) is 2.26. The first-order valence-corrected chi connectivity index (χ1v) is 4.86. The fourth-order valence-corrected chi connectivity index (χ4v) is 1.36. The Kier molecular flexibility index (Phi) is 4.06. The first-order chi connectivity index (χ1) is 7.91. The molecule has 1 rings (SSSR count). The van der Waals surface area contributed by atoms with Gasteiger partial charge < -0.3 is 20.4 Å². The number of carboxylic acid groups (broad SMARTS) is 2. The van der Waals surface area contributed by atoms with E-state index in [1.807, 2.05) is 0 Å². The lowest BCUT2D eigenvalue weighted by molar-refractivity contribution is -0.147. The van der Waals surface area contributed by atoms with Crippen LogP contribution in [0.5, 0.6) is 5.75 Å². The number of aliphatic carboxylic acids is 2. The molecular formula is C11H12O6. The molecule has 6 heteroatoms. The first kappa shape index (κ1) is 13.0. The van der Waals surface area contributed by atoms with Gasteiger partial charge in [-0.05, 0) is 29.7 Å². The number of rotatable bonds is 5. The highest BCUT2D eigenvalue weighted by Gasteiger charge is 2.17. The summed E-state index contributed by atoms with van der Waals surface area (Å²) in [5, 5.41) is 35.9. The minimum absolute atomic E-state index is 0.0708. The van der Waals surface area contributed by atoms with Gasteiger partial charge in [-0.3, -0.25) is 4.79 Å². The smallest absolute Gasteiger partial charge is 0.337 e. The Morgan fingerprint density at radius 2 is 1.88 bits per heavy atom. The van der Waals surface area contributed by atoms with E-state index in [4.69, 9.17) is 10.2 Å². The summed E-state index contributed by atoms with van der Waals surface area (Å²) in [6, 6.07) is 3.80. The van der Waals surface area contributed by atoms with E-state index in [2.05, 4.69) is 0 Å². The van der Waals surface area contributed by atoms with E-state index in [9.17, 15) is 19.8 Å². The Morgan fingerprint density at radius 1 is 1.24 bits per heavy atom. The lowest BCUT2D eigenvalue weighted by Gasteiger charge is -2.09. The summed E-state index contributed by atoms with van der Waals surface area (Å²) in [6.07, 6.45) is -1.79. The van der Waals surface area contributed by atoms with Crippen LogP contribution in [0.15, 0.2) is 18.2 Å². The Balaban J connectivity index is 2.93. The van der Waals surface area contributed by atoms with Crippen molar-refractivity contribution in [2.75, 3.05) is 0 Å². The molecule has 6 nitrogen and oxygen atoms in total. The fraction of sp³-hybridized carbons (Fsp3) is 0.273. The zero-order valence-electron chi connectivity index (χ0n) is 8.83. The third kappa shape index (κ3) is 3.46. The summed E-state index contributed by atoms with van der Waals surface area (Å²) in [6.45, 7) is 0. The normalized spacial score (nSPS) is 12.1. The molecule has 0 radical (unpaired) electrons. The molecule has 0 bridgehead atoms. The van der Waals surface area contributed by atoms with E-state index >= 15 is 0 Å². The van der Waals surface area contributed by atoms with Crippen molar-refractivity contribution < 1.29 is 30.0 Å². The van der Waals surface area contributed by atoms with Crippen LogP contribution in [0.25, 0.3) is 0 Å². The summed E-state index contributed by atoms with van der Waals surface area (Å²) < 4.78 is 0. The summed E-state index contributed by atoms with van der Waals surface area (Å²) in [5.74, 6) is -2.54. The van der Waals surface area contributed by atoms with Gasteiger partial charge in [0.15, 0.2) is 6.10 Å². The van der Waals surface area contributed by atoms with Gasteiger partial charge in [0, 0.05) is 6.42 Å². The number of phenols is 1. The molecular weight excluding hydrogens is 228 g/mol. The second kappa shape index (κ2) is 5.31. The Hall–Kier alpha value is -2.08. The van der Waals surface area contributed by atoms with Crippen LogP contribution in [0, 0.1) is 0 Å². The van der Waals surface area contributed by atoms with Gasteiger partial charge in [0.25, 0.3) is 0 Å². The van der Waals surface area contributed by atoms with Gasteiger partial charge in [-0.1, -0.05) is 6.07 Å². The number of aryl methyl sites for hydroxylation is 1. The monoisotopic (exact) mass is 240 g/mol. The van der Waals surface area contributed by atoms with Crippen LogP contribution in [0.2, 0.25) is 0 Å². The van der Waals surface area contributed by atoms with Gasteiger partial charge in [-0.25, -0.2) is 4.79 Å². The summed E-state index contributed by atoms with van der Waals surface area (Å²) in [7, 11) is 0. The van der Waals surface area contributed by atoms with E-state index < -0.39 is 18.0 Å². The van der Waals surface area contributed by atoms with Crippen molar-refractivity contribution in [1.29, 1.82) is 0 Å². The van der Waals surface area contributed by atoms with Crippen molar-refractivity contribution in [2.24, 2.45) is 0 Å². The number of hydrogen-bond acceptors (Lipinski definition) is 4. The fourth-order valence-electron chi connectivity index (χ4n) is 1.36. The molecule has 0 saturated carbocycles. The summed E-state index contributed by atoms with van der Waals surface area (Å²) in [5.41, 5.74) is 0.404. The van der Waals surface area contributed by atoms with Crippen molar-refractivity contribution in [3.05, 3.63) is 29.3 Å². The lowest BCUT2D eigenvalue weighted by Crippen LogP contribution is -2.10. The predicted octanol–water partition coefficient (Wildman–Crippen LogP) is 0.527. The van der Waals surface area contributed by atoms with Crippen molar-refractivity contribution >= 4 is 11.9 Å². The van der Waals surface area contributed by atoms with Gasteiger partial charge in [-0.15, -0.1) is 0 Å². The maximum Gasteiger partial charge on any atom is 0.337 e. The molecule has 17 heavy (non-hydrogen) atoms. The molecule has 0 aromatic heterocycles. The zero-order chi connectivity index (χ0) is 13.0. The minimum atomic E-state index is -1.68. The highest BCUT2D eigenvalue weighted by atomic mass is 16.4.